The number of rotatable bonds is 7. The molecule has 1 amide bonds. The second-order valence-electron chi connectivity index (χ2n) is 6.60. The molecule has 6 heteroatoms. The molecule has 1 fully saturated rings. The maximum absolute atomic E-state index is 12.0. The molecule has 6 nitrogen and oxygen atoms in total. The molecule has 3 N–H and O–H groups in total. The molecule has 0 spiro atoms. The van der Waals surface area contributed by atoms with Crippen molar-refractivity contribution in [3.63, 3.8) is 0 Å². The Morgan fingerprint density at radius 2 is 1.89 bits per heavy atom. The van der Waals surface area contributed by atoms with Crippen molar-refractivity contribution in [2.75, 3.05) is 32.8 Å². The highest BCUT2D eigenvalue weighted by Crippen LogP contribution is 2.31. The van der Waals surface area contributed by atoms with E-state index in [0.717, 1.165) is 42.9 Å². The minimum Gasteiger partial charge on any atom is -0.493 e. The van der Waals surface area contributed by atoms with Crippen molar-refractivity contribution < 1.29 is 19.0 Å². The molecular formula is C21H26N2O4. The van der Waals surface area contributed by atoms with Crippen LogP contribution < -0.4 is 20.5 Å². The van der Waals surface area contributed by atoms with E-state index < -0.39 is 5.91 Å². The Hall–Kier alpha value is -2.73. The number of primary amides is 1. The summed E-state index contributed by atoms with van der Waals surface area (Å²) in [7, 11) is 3.23. The van der Waals surface area contributed by atoms with E-state index in [1.807, 2.05) is 30.3 Å². The van der Waals surface area contributed by atoms with Gasteiger partial charge in [0.1, 0.15) is 0 Å². The van der Waals surface area contributed by atoms with Crippen LogP contribution in [0.1, 0.15) is 34.3 Å². The van der Waals surface area contributed by atoms with Crippen LogP contribution in [0.4, 0.5) is 5.69 Å². The molecule has 1 saturated heterocycles. The lowest BCUT2D eigenvalue weighted by molar-refractivity contribution is 0.0904. The fourth-order valence-corrected chi connectivity index (χ4v) is 3.38. The molecule has 2 aromatic carbocycles. The molecule has 1 aliphatic rings. The lowest BCUT2D eigenvalue weighted by atomic mass is 9.98. The third-order valence-corrected chi connectivity index (χ3v) is 4.83. The van der Waals surface area contributed by atoms with Crippen molar-refractivity contribution in [2.24, 2.45) is 5.73 Å². The number of amides is 1. The van der Waals surface area contributed by atoms with E-state index in [-0.39, 0.29) is 6.04 Å². The van der Waals surface area contributed by atoms with Gasteiger partial charge >= 0.3 is 0 Å². The van der Waals surface area contributed by atoms with Gasteiger partial charge in [0.25, 0.3) is 5.91 Å². The fraction of sp³-hybridized carbons (Fsp3) is 0.381. The van der Waals surface area contributed by atoms with Gasteiger partial charge in [-0.1, -0.05) is 18.2 Å². The van der Waals surface area contributed by atoms with Crippen molar-refractivity contribution >= 4 is 11.6 Å². The van der Waals surface area contributed by atoms with Crippen molar-refractivity contribution in [2.45, 2.75) is 25.3 Å². The van der Waals surface area contributed by atoms with Gasteiger partial charge in [-0.3, -0.25) is 4.79 Å². The van der Waals surface area contributed by atoms with E-state index in [1.165, 1.54) is 0 Å². The molecule has 2 aromatic rings. The molecule has 0 saturated carbocycles. The first-order chi connectivity index (χ1) is 13.1. The third kappa shape index (κ3) is 4.52. The number of hydrogen-bond donors (Lipinski definition) is 2. The predicted octanol–water partition coefficient (Wildman–Crippen LogP) is 2.98. The van der Waals surface area contributed by atoms with Crippen molar-refractivity contribution in [1.29, 1.82) is 0 Å². The molecule has 0 radical (unpaired) electrons. The van der Waals surface area contributed by atoms with Crippen LogP contribution in [0.2, 0.25) is 0 Å². The van der Waals surface area contributed by atoms with Crippen molar-refractivity contribution in [1.82, 2.24) is 0 Å². The molecule has 0 atom stereocenters. The minimum atomic E-state index is -0.432. The molecular weight excluding hydrogens is 344 g/mol. The van der Waals surface area contributed by atoms with Gasteiger partial charge in [0, 0.05) is 19.3 Å². The maximum atomic E-state index is 12.0. The van der Waals surface area contributed by atoms with Crippen LogP contribution in [0.5, 0.6) is 11.5 Å². The summed E-state index contributed by atoms with van der Waals surface area (Å²) in [6.45, 7) is 1.45. The van der Waals surface area contributed by atoms with Gasteiger partial charge in [0.05, 0.1) is 25.5 Å². The Morgan fingerprint density at radius 1 is 1.15 bits per heavy atom. The number of ether oxygens (including phenoxy) is 3. The lowest BCUT2D eigenvalue weighted by Crippen LogP contribution is -2.29. The summed E-state index contributed by atoms with van der Waals surface area (Å²) in [5.74, 6) is 0.936. The summed E-state index contributed by atoms with van der Waals surface area (Å²) in [5, 5.41) is 3.53. The zero-order valence-electron chi connectivity index (χ0n) is 15.8. The number of nitrogens with one attached hydrogen (secondary N) is 1. The van der Waals surface area contributed by atoms with Crippen LogP contribution in [-0.4, -0.2) is 39.4 Å². The number of carbonyl (C=O) groups excluding carboxylic acids is 1. The highest BCUT2D eigenvalue weighted by molar-refractivity contribution is 5.99. The van der Waals surface area contributed by atoms with E-state index >= 15 is 0 Å². The second kappa shape index (κ2) is 8.77. The highest BCUT2D eigenvalue weighted by Gasteiger charge is 2.19. The van der Waals surface area contributed by atoms with Crippen molar-refractivity contribution in [3.8, 4) is 11.5 Å². The van der Waals surface area contributed by atoms with Crippen LogP contribution in [0, 0.1) is 0 Å². The fourth-order valence-electron chi connectivity index (χ4n) is 3.38. The molecule has 0 aliphatic carbocycles. The Morgan fingerprint density at radius 3 is 2.56 bits per heavy atom. The van der Waals surface area contributed by atoms with Crippen LogP contribution in [0.25, 0.3) is 0 Å². The molecule has 3 rings (SSSR count). The first-order valence-corrected chi connectivity index (χ1v) is 9.09. The Labute approximate surface area is 159 Å². The number of nitrogens with two attached hydrogens (primary N) is 1. The van der Waals surface area contributed by atoms with E-state index in [0.29, 0.717) is 23.5 Å². The van der Waals surface area contributed by atoms with Gasteiger partial charge < -0.3 is 25.3 Å². The number of para-hydroxylation sites is 1. The minimum absolute atomic E-state index is 0.267. The number of benzene rings is 2. The predicted molar refractivity (Wildman–Crippen MR) is 105 cm³/mol. The smallest absolute Gasteiger partial charge is 0.250 e. The second-order valence-corrected chi connectivity index (χ2v) is 6.60. The van der Waals surface area contributed by atoms with Gasteiger partial charge in [0.2, 0.25) is 0 Å². The average Bonchev–Trinajstić information content (AvgIpc) is 2.69. The standard InChI is InChI=1S/C21H26N2O4/c1-25-18-7-6-14(13-19(18)26-2)12-15-4-3-5-17(21(22)24)20(15)23-16-8-10-27-11-9-16/h3-7,13,16,23H,8-12H2,1-2H3,(H2,22,24). The molecule has 1 aliphatic heterocycles. The number of anilines is 1. The normalized spacial score (nSPS) is 14.6. The van der Waals surface area contributed by atoms with Crippen LogP contribution in [0.3, 0.4) is 0 Å². The first-order valence-electron chi connectivity index (χ1n) is 9.09. The Kier molecular flexibility index (Phi) is 6.19. The molecule has 0 aromatic heterocycles. The average molecular weight is 370 g/mol. The molecule has 1 heterocycles. The molecule has 0 bridgehead atoms. The summed E-state index contributed by atoms with van der Waals surface area (Å²) < 4.78 is 16.1. The molecule has 0 unspecified atom stereocenters. The summed E-state index contributed by atoms with van der Waals surface area (Å²) >= 11 is 0. The Balaban J connectivity index is 1.92. The number of carbonyl (C=O) groups is 1. The van der Waals surface area contributed by atoms with Crippen molar-refractivity contribution in [3.05, 3.63) is 53.1 Å². The SMILES string of the molecule is COc1ccc(Cc2cccc(C(N)=O)c2NC2CCOCC2)cc1OC. The Bertz CT molecular complexity index is 801. The lowest BCUT2D eigenvalue weighted by Gasteiger charge is -2.26. The summed E-state index contributed by atoms with van der Waals surface area (Å²) in [6, 6.07) is 11.8. The van der Waals surface area contributed by atoms with E-state index in [9.17, 15) is 4.79 Å². The van der Waals surface area contributed by atoms with E-state index in [2.05, 4.69) is 5.32 Å². The summed E-state index contributed by atoms with van der Waals surface area (Å²) in [6.07, 6.45) is 2.46. The first kappa shape index (κ1) is 19.0. The molecule has 144 valence electrons. The monoisotopic (exact) mass is 370 g/mol. The maximum Gasteiger partial charge on any atom is 0.250 e. The highest BCUT2D eigenvalue weighted by atomic mass is 16.5. The number of methoxy groups -OCH3 is 2. The third-order valence-electron chi connectivity index (χ3n) is 4.83. The van der Waals surface area contributed by atoms with Crippen LogP contribution >= 0.6 is 0 Å². The van der Waals surface area contributed by atoms with E-state index in [4.69, 9.17) is 19.9 Å². The largest absolute Gasteiger partial charge is 0.493 e. The quantitative estimate of drug-likeness (QED) is 0.783. The van der Waals surface area contributed by atoms with E-state index in [1.54, 1.807) is 20.3 Å². The van der Waals surface area contributed by atoms with Gasteiger partial charge in [-0.2, -0.15) is 0 Å². The molecule has 27 heavy (non-hydrogen) atoms. The van der Waals surface area contributed by atoms with Crippen LogP contribution in [0.15, 0.2) is 36.4 Å². The number of hydrogen-bond acceptors (Lipinski definition) is 5. The summed E-state index contributed by atoms with van der Waals surface area (Å²) in [5.41, 5.74) is 9.03. The van der Waals surface area contributed by atoms with Crippen LogP contribution in [-0.2, 0) is 11.2 Å². The summed E-state index contributed by atoms with van der Waals surface area (Å²) in [4.78, 5) is 12.0. The van der Waals surface area contributed by atoms with Gasteiger partial charge in [-0.15, -0.1) is 0 Å². The van der Waals surface area contributed by atoms with Gasteiger partial charge in [-0.25, -0.2) is 0 Å². The zero-order valence-corrected chi connectivity index (χ0v) is 15.8. The van der Waals surface area contributed by atoms with Gasteiger partial charge in [-0.05, 0) is 48.6 Å². The van der Waals surface area contributed by atoms with Gasteiger partial charge in [0.15, 0.2) is 11.5 Å². The zero-order chi connectivity index (χ0) is 19.2. The topological polar surface area (TPSA) is 82.8 Å².